The molecule has 0 atom stereocenters. The van der Waals surface area contributed by atoms with Gasteiger partial charge in [0.15, 0.2) is 11.3 Å². The van der Waals surface area contributed by atoms with Crippen LogP contribution in [0.2, 0.25) is 0 Å². The minimum atomic E-state index is 0.0117. The van der Waals surface area contributed by atoms with Crippen molar-refractivity contribution in [2.24, 2.45) is 17.0 Å². The second kappa shape index (κ2) is 11.5. The topological polar surface area (TPSA) is 83.5 Å². The largest absolute Gasteiger partial charge is 0.394 e. The van der Waals surface area contributed by atoms with Gasteiger partial charge in [0.2, 0.25) is 5.91 Å². The summed E-state index contributed by atoms with van der Waals surface area (Å²) >= 11 is 0. The number of H-pyrrole nitrogens is 1. The molecule has 0 saturated heterocycles. The number of nitrogens with one attached hydrogen (secondary N) is 2. The third kappa shape index (κ3) is 6.16. The van der Waals surface area contributed by atoms with Crippen LogP contribution in [0.3, 0.4) is 0 Å². The van der Waals surface area contributed by atoms with Crippen LogP contribution in [0.25, 0.3) is 0 Å². The zero-order valence-corrected chi connectivity index (χ0v) is 21.5. The first-order valence-electron chi connectivity index (χ1n) is 12.5. The molecule has 1 fully saturated rings. The molecule has 0 bridgehead atoms. The van der Waals surface area contributed by atoms with Gasteiger partial charge < -0.3 is 15.1 Å². The van der Waals surface area contributed by atoms with Crippen molar-refractivity contribution in [3.05, 3.63) is 68.1 Å². The van der Waals surface area contributed by atoms with E-state index in [1.54, 1.807) is 0 Å². The van der Waals surface area contributed by atoms with Crippen LogP contribution in [0, 0.1) is 25.7 Å². The summed E-state index contributed by atoms with van der Waals surface area (Å²) < 4.78 is 0. The second-order valence-electron chi connectivity index (χ2n) is 9.93. The molecule has 34 heavy (non-hydrogen) atoms. The predicted molar refractivity (Wildman–Crippen MR) is 137 cm³/mol. The van der Waals surface area contributed by atoms with Crippen LogP contribution in [0.15, 0.2) is 34.2 Å². The number of hydrogen-bond donors (Lipinski definition) is 2. The molecule has 1 aliphatic rings. The third-order valence-corrected chi connectivity index (χ3v) is 6.92. The SMILES string of the molecule is CCO/N=C(/NC(=O)C1CCC(C)CC1)c1ccc(Cc2c(C(C)C)[nH]c(C)c(C)c2=O)cc1. The van der Waals surface area contributed by atoms with Gasteiger partial charge in [0.25, 0.3) is 0 Å². The Morgan fingerprint density at radius 1 is 1.15 bits per heavy atom. The van der Waals surface area contributed by atoms with Crippen molar-refractivity contribution in [2.45, 2.75) is 79.6 Å². The standard InChI is InChI=1S/C28H39N3O3/c1-7-34-31-27(30-28(33)23-12-8-18(4)9-13-23)22-14-10-21(11-15-22)16-24-25(17(2)3)29-20(6)19(5)26(24)32/h10-11,14-15,17-18,23H,7-9,12-13,16H2,1-6H3,(H,29,32)(H,30,31,33). The fourth-order valence-electron chi connectivity index (χ4n) is 4.56. The molecule has 1 aromatic carbocycles. The van der Waals surface area contributed by atoms with Crippen molar-refractivity contribution < 1.29 is 9.63 Å². The molecule has 0 aliphatic heterocycles. The third-order valence-electron chi connectivity index (χ3n) is 6.92. The molecule has 1 heterocycles. The number of oxime groups is 1. The molecule has 0 unspecified atom stereocenters. The second-order valence-corrected chi connectivity index (χ2v) is 9.93. The minimum absolute atomic E-state index is 0.0117. The fraction of sp³-hybridized carbons (Fsp3) is 0.536. The number of hydrogen-bond acceptors (Lipinski definition) is 4. The molecule has 1 aliphatic carbocycles. The van der Waals surface area contributed by atoms with Gasteiger partial charge in [-0.1, -0.05) is 50.2 Å². The number of carbonyl (C=O) groups is 1. The Kier molecular flexibility index (Phi) is 8.70. The summed E-state index contributed by atoms with van der Waals surface area (Å²) in [5.74, 6) is 1.38. The molecule has 3 rings (SSSR count). The van der Waals surface area contributed by atoms with E-state index in [2.05, 4.69) is 36.2 Å². The number of amidine groups is 1. The van der Waals surface area contributed by atoms with E-state index in [-0.39, 0.29) is 23.2 Å². The first-order valence-corrected chi connectivity index (χ1v) is 12.5. The molecule has 0 spiro atoms. The Hall–Kier alpha value is -2.89. The van der Waals surface area contributed by atoms with Gasteiger partial charge in [-0.2, -0.15) is 0 Å². The molecule has 6 heteroatoms. The van der Waals surface area contributed by atoms with Crippen molar-refractivity contribution in [1.82, 2.24) is 10.3 Å². The minimum Gasteiger partial charge on any atom is -0.394 e. The first-order chi connectivity index (χ1) is 16.2. The molecule has 184 valence electrons. The lowest BCUT2D eigenvalue weighted by molar-refractivity contribution is -0.124. The lowest BCUT2D eigenvalue weighted by Crippen LogP contribution is -2.37. The van der Waals surface area contributed by atoms with Gasteiger partial charge in [-0.05, 0) is 63.9 Å². The lowest BCUT2D eigenvalue weighted by Gasteiger charge is -2.25. The highest BCUT2D eigenvalue weighted by molar-refractivity contribution is 6.08. The number of aromatic nitrogens is 1. The quantitative estimate of drug-likeness (QED) is 0.329. The maximum atomic E-state index is 13.0. The number of amides is 1. The maximum Gasteiger partial charge on any atom is 0.228 e. The van der Waals surface area contributed by atoms with Crippen LogP contribution >= 0.6 is 0 Å². The Bertz CT molecular complexity index is 1080. The van der Waals surface area contributed by atoms with Crippen LogP contribution in [0.4, 0.5) is 0 Å². The summed E-state index contributed by atoms with van der Waals surface area (Å²) in [4.78, 5) is 34.6. The summed E-state index contributed by atoms with van der Waals surface area (Å²) in [5.41, 5.74) is 5.42. The van der Waals surface area contributed by atoms with Crippen LogP contribution in [0.1, 0.15) is 92.9 Å². The van der Waals surface area contributed by atoms with E-state index >= 15 is 0 Å². The van der Waals surface area contributed by atoms with E-state index in [0.717, 1.165) is 59.3 Å². The number of carbonyl (C=O) groups excluding carboxylic acids is 1. The summed E-state index contributed by atoms with van der Waals surface area (Å²) in [5, 5.41) is 7.18. The normalized spacial score (nSPS) is 18.7. The van der Waals surface area contributed by atoms with Crippen LogP contribution in [0.5, 0.6) is 0 Å². The number of nitrogens with zero attached hydrogens (tertiary/aromatic N) is 1. The van der Waals surface area contributed by atoms with E-state index in [1.165, 1.54) is 0 Å². The maximum absolute atomic E-state index is 13.0. The van der Waals surface area contributed by atoms with Crippen LogP contribution in [-0.2, 0) is 16.1 Å². The molecule has 2 N–H and O–H groups in total. The Morgan fingerprint density at radius 2 is 1.79 bits per heavy atom. The van der Waals surface area contributed by atoms with Gasteiger partial charge in [0.05, 0.1) is 0 Å². The smallest absolute Gasteiger partial charge is 0.228 e. The zero-order chi connectivity index (χ0) is 24.8. The number of rotatable bonds is 7. The average Bonchev–Trinajstić information content (AvgIpc) is 2.82. The Labute approximate surface area is 203 Å². The molecular formula is C28H39N3O3. The van der Waals surface area contributed by atoms with Crippen molar-refractivity contribution in [3.63, 3.8) is 0 Å². The molecule has 6 nitrogen and oxygen atoms in total. The number of aryl methyl sites for hydroxylation is 1. The van der Waals surface area contributed by atoms with Gasteiger partial charge in [-0.15, -0.1) is 0 Å². The first kappa shape index (κ1) is 25.7. The molecular weight excluding hydrogens is 426 g/mol. The number of aromatic amines is 1. The highest BCUT2D eigenvalue weighted by atomic mass is 16.6. The average molecular weight is 466 g/mol. The summed E-state index contributed by atoms with van der Waals surface area (Å²) in [6.07, 6.45) is 4.54. The predicted octanol–water partition coefficient (Wildman–Crippen LogP) is 5.35. The van der Waals surface area contributed by atoms with Crippen molar-refractivity contribution in [1.29, 1.82) is 0 Å². The van der Waals surface area contributed by atoms with E-state index in [9.17, 15) is 9.59 Å². The summed E-state index contributed by atoms with van der Waals surface area (Å²) in [6.45, 7) is 12.5. The lowest BCUT2D eigenvalue weighted by atomic mass is 9.82. The number of pyridine rings is 1. The fourth-order valence-corrected chi connectivity index (χ4v) is 4.56. The van der Waals surface area contributed by atoms with Crippen molar-refractivity contribution >= 4 is 11.7 Å². The van der Waals surface area contributed by atoms with Crippen LogP contribution < -0.4 is 10.7 Å². The monoisotopic (exact) mass is 465 g/mol. The Morgan fingerprint density at radius 3 is 2.38 bits per heavy atom. The van der Waals surface area contributed by atoms with Gasteiger partial charge >= 0.3 is 0 Å². The van der Waals surface area contributed by atoms with Gasteiger partial charge in [-0.3, -0.25) is 9.59 Å². The van der Waals surface area contributed by atoms with E-state index in [4.69, 9.17) is 4.84 Å². The van der Waals surface area contributed by atoms with E-state index in [0.29, 0.717) is 24.8 Å². The van der Waals surface area contributed by atoms with Gasteiger partial charge in [0.1, 0.15) is 6.61 Å². The van der Waals surface area contributed by atoms with Crippen molar-refractivity contribution in [2.75, 3.05) is 6.61 Å². The van der Waals surface area contributed by atoms with Gasteiger partial charge in [0, 0.05) is 40.4 Å². The molecule has 1 saturated carbocycles. The van der Waals surface area contributed by atoms with Crippen LogP contribution in [-0.4, -0.2) is 23.3 Å². The molecule has 2 aromatic rings. The Balaban J connectivity index is 1.80. The zero-order valence-electron chi connectivity index (χ0n) is 21.5. The summed E-state index contributed by atoms with van der Waals surface area (Å²) in [7, 11) is 0. The summed E-state index contributed by atoms with van der Waals surface area (Å²) in [6, 6.07) is 7.84. The highest BCUT2D eigenvalue weighted by Gasteiger charge is 2.25. The molecule has 0 radical (unpaired) electrons. The highest BCUT2D eigenvalue weighted by Crippen LogP contribution is 2.28. The number of benzene rings is 1. The van der Waals surface area contributed by atoms with E-state index in [1.807, 2.05) is 45.0 Å². The van der Waals surface area contributed by atoms with Gasteiger partial charge in [-0.25, -0.2) is 0 Å². The van der Waals surface area contributed by atoms with E-state index < -0.39 is 0 Å². The molecule has 1 amide bonds. The molecule has 1 aromatic heterocycles. The van der Waals surface area contributed by atoms with Crippen molar-refractivity contribution in [3.8, 4) is 0 Å².